The van der Waals surface area contributed by atoms with Crippen molar-refractivity contribution in [2.45, 2.75) is 0 Å². The Morgan fingerprint density at radius 2 is 1.29 bits per heavy atom. The van der Waals surface area contributed by atoms with Crippen molar-refractivity contribution in [1.82, 2.24) is 23.9 Å². The third-order valence-electron chi connectivity index (χ3n) is 9.67. The summed E-state index contributed by atoms with van der Waals surface area (Å²) in [6.07, 6.45) is 1.81. The van der Waals surface area contributed by atoms with E-state index in [2.05, 4.69) is 123 Å². The molecule has 6 heteroatoms. The van der Waals surface area contributed by atoms with E-state index >= 15 is 0 Å². The van der Waals surface area contributed by atoms with Gasteiger partial charge in [0.15, 0.2) is 5.69 Å². The summed E-state index contributed by atoms with van der Waals surface area (Å²) in [6, 6.07) is 41.2. The fraction of sp³-hybridized carbons (Fsp3) is 0. The van der Waals surface area contributed by atoms with Gasteiger partial charge >= 0.3 is 0 Å². The highest BCUT2D eigenvalue weighted by Gasteiger charge is 2.27. The number of fused-ring (bicyclic) bond motifs is 16. The lowest BCUT2D eigenvalue weighted by Crippen LogP contribution is -2.03. The average Bonchev–Trinajstić information content (AvgIpc) is 3.86. The van der Waals surface area contributed by atoms with E-state index < -0.39 is 0 Å². The Balaban J connectivity index is 1.52. The molecule has 206 valence electrons. The summed E-state index contributed by atoms with van der Waals surface area (Å²) >= 11 is 0. The van der Waals surface area contributed by atoms with E-state index in [4.69, 9.17) is 9.97 Å². The maximum atomic E-state index is 10.2. The summed E-state index contributed by atoms with van der Waals surface area (Å²) < 4.78 is 4.65. The number of hydrogen-bond donors (Lipinski definition) is 1. The monoisotopic (exact) mass is 572 g/mol. The highest BCUT2D eigenvalue weighted by molar-refractivity contribution is 6.41. The Hall–Kier alpha value is -6.45. The van der Waals surface area contributed by atoms with Crippen LogP contribution in [0.1, 0.15) is 5.69 Å². The van der Waals surface area contributed by atoms with Crippen LogP contribution in [0, 0.1) is 11.3 Å². The van der Waals surface area contributed by atoms with Gasteiger partial charge in [-0.1, -0.05) is 91.0 Å². The van der Waals surface area contributed by atoms with Gasteiger partial charge in [-0.25, -0.2) is 4.98 Å². The zero-order valence-corrected chi connectivity index (χ0v) is 23.7. The van der Waals surface area contributed by atoms with Gasteiger partial charge in [-0.15, -0.1) is 0 Å². The second-order valence-electron chi connectivity index (χ2n) is 11.8. The second kappa shape index (κ2) is 7.93. The van der Waals surface area contributed by atoms with Crippen LogP contribution in [0.25, 0.3) is 98.4 Å². The van der Waals surface area contributed by atoms with E-state index in [-0.39, 0.29) is 0 Å². The number of rotatable bonds is 1. The van der Waals surface area contributed by atoms with E-state index in [1.54, 1.807) is 0 Å². The molecule has 0 aliphatic heterocycles. The molecule has 45 heavy (non-hydrogen) atoms. The normalized spacial score (nSPS) is 12.4. The topological polar surface area (TPSA) is 74.7 Å². The molecule has 0 spiro atoms. The van der Waals surface area contributed by atoms with Crippen molar-refractivity contribution in [1.29, 1.82) is 5.26 Å². The van der Waals surface area contributed by atoms with Gasteiger partial charge in [-0.2, -0.15) is 10.2 Å². The van der Waals surface area contributed by atoms with E-state index in [1.165, 1.54) is 59.6 Å². The van der Waals surface area contributed by atoms with Crippen molar-refractivity contribution in [3.8, 4) is 12.0 Å². The van der Waals surface area contributed by atoms with Gasteiger partial charge in [-0.05, 0) is 34.4 Å². The molecule has 1 N–H and O–H groups in total. The third-order valence-corrected chi connectivity index (χ3v) is 9.67. The van der Waals surface area contributed by atoms with Gasteiger partial charge in [0.25, 0.3) is 0 Å². The number of nitriles is 1. The molecule has 0 atom stereocenters. The van der Waals surface area contributed by atoms with Crippen molar-refractivity contribution in [3.05, 3.63) is 121 Å². The van der Waals surface area contributed by atoms with Crippen LogP contribution in [0.4, 0.5) is 0 Å². The maximum Gasteiger partial charge on any atom is 0.236 e. The lowest BCUT2D eigenvalue weighted by atomic mass is 9.96. The van der Waals surface area contributed by atoms with Crippen LogP contribution < -0.4 is 0 Å². The Morgan fingerprint density at radius 1 is 0.556 bits per heavy atom. The van der Waals surface area contributed by atoms with Gasteiger partial charge < -0.3 is 9.38 Å². The summed E-state index contributed by atoms with van der Waals surface area (Å²) in [5.74, 6) is 0.486. The minimum Gasteiger partial charge on any atom is -0.357 e. The standard InChI is InChI=1S/C39H20N6/c40-20-29-35-28(18-19-41-35)42-39(43-29)45-31-17-16-21-8-1-2-9-22(21)32(31)33-24-11-3-4-12-26(24)37-34(38(33)45)27-14-7-13-25-23-10-5-6-15-30(23)44(37)36(25)27/h1-19,41H. The second-order valence-corrected chi connectivity index (χ2v) is 11.8. The van der Waals surface area contributed by atoms with Crippen molar-refractivity contribution in [3.63, 3.8) is 0 Å². The molecule has 0 amide bonds. The molecule has 5 heterocycles. The lowest BCUT2D eigenvalue weighted by Gasteiger charge is -2.10. The molecule has 0 unspecified atom stereocenters. The fourth-order valence-electron chi connectivity index (χ4n) is 7.97. The highest BCUT2D eigenvalue weighted by Crippen LogP contribution is 2.49. The summed E-state index contributed by atoms with van der Waals surface area (Å²) in [5.41, 5.74) is 7.32. The van der Waals surface area contributed by atoms with E-state index in [0.29, 0.717) is 22.7 Å². The van der Waals surface area contributed by atoms with Crippen molar-refractivity contribution in [2.75, 3.05) is 0 Å². The van der Waals surface area contributed by atoms with E-state index in [9.17, 15) is 5.26 Å². The van der Waals surface area contributed by atoms with Crippen molar-refractivity contribution in [2.24, 2.45) is 0 Å². The first-order chi connectivity index (χ1) is 22.3. The zero-order chi connectivity index (χ0) is 29.4. The van der Waals surface area contributed by atoms with Gasteiger partial charge in [-0.3, -0.25) is 4.57 Å². The summed E-state index contributed by atoms with van der Waals surface area (Å²) in [7, 11) is 0. The number of benzene rings is 6. The predicted molar refractivity (Wildman–Crippen MR) is 183 cm³/mol. The molecule has 0 radical (unpaired) electrons. The van der Waals surface area contributed by atoms with Gasteiger partial charge in [0, 0.05) is 43.9 Å². The van der Waals surface area contributed by atoms with Crippen LogP contribution >= 0.6 is 0 Å². The van der Waals surface area contributed by atoms with Crippen LogP contribution in [0.2, 0.25) is 0 Å². The number of nitrogens with zero attached hydrogens (tertiary/aromatic N) is 5. The molecule has 5 aromatic heterocycles. The molecule has 0 aliphatic carbocycles. The number of aromatic amines is 1. The van der Waals surface area contributed by atoms with Gasteiger partial charge in [0.2, 0.25) is 5.95 Å². The molecule has 11 aromatic rings. The number of nitrogens with one attached hydrogen (secondary N) is 1. The first-order valence-electron chi connectivity index (χ1n) is 15.0. The highest BCUT2D eigenvalue weighted by atomic mass is 15.2. The molecular weight excluding hydrogens is 552 g/mol. The Labute approximate surface area is 254 Å². The average molecular weight is 573 g/mol. The number of para-hydroxylation sites is 2. The lowest BCUT2D eigenvalue weighted by molar-refractivity contribution is 1.00. The molecule has 11 rings (SSSR count). The quantitative estimate of drug-likeness (QED) is 0.213. The summed E-state index contributed by atoms with van der Waals surface area (Å²) in [5, 5.41) is 22.0. The largest absolute Gasteiger partial charge is 0.357 e. The predicted octanol–water partition coefficient (Wildman–Crippen LogP) is 9.38. The van der Waals surface area contributed by atoms with Crippen LogP contribution in [-0.4, -0.2) is 23.9 Å². The Kier molecular flexibility index (Phi) is 4.06. The number of aromatic nitrogens is 5. The first kappa shape index (κ1) is 23.1. The first-order valence-corrected chi connectivity index (χ1v) is 15.0. The van der Waals surface area contributed by atoms with Crippen LogP contribution in [0.5, 0.6) is 0 Å². The zero-order valence-electron chi connectivity index (χ0n) is 23.7. The van der Waals surface area contributed by atoms with Crippen LogP contribution in [0.3, 0.4) is 0 Å². The minimum atomic E-state index is 0.326. The smallest absolute Gasteiger partial charge is 0.236 e. The SMILES string of the molecule is N#Cc1nc(-n2c3ccc4ccccc4c3c3c4ccccc4c4c(c5cccc6c7ccccc7n4c65)c32)nc2cc[nH]c12. The molecule has 0 aliphatic rings. The third kappa shape index (κ3) is 2.66. The molecule has 0 bridgehead atoms. The van der Waals surface area contributed by atoms with Crippen LogP contribution in [-0.2, 0) is 0 Å². The van der Waals surface area contributed by atoms with Crippen molar-refractivity contribution < 1.29 is 0 Å². The van der Waals surface area contributed by atoms with Crippen LogP contribution in [0.15, 0.2) is 115 Å². The molecular formula is C39H20N6. The Morgan fingerprint density at radius 3 is 2.18 bits per heavy atom. The molecule has 0 saturated heterocycles. The Bertz CT molecular complexity index is 3110. The van der Waals surface area contributed by atoms with Gasteiger partial charge in [0.05, 0.1) is 33.1 Å². The number of H-pyrrole nitrogens is 1. The summed E-state index contributed by atoms with van der Waals surface area (Å²) in [4.78, 5) is 13.1. The summed E-state index contributed by atoms with van der Waals surface area (Å²) in [6.45, 7) is 0. The molecule has 6 nitrogen and oxygen atoms in total. The molecule has 6 aromatic carbocycles. The maximum absolute atomic E-state index is 10.2. The fourth-order valence-corrected chi connectivity index (χ4v) is 7.97. The molecule has 0 saturated carbocycles. The van der Waals surface area contributed by atoms with Gasteiger partial charge in [0.1, 0.15) is 11.6 Å². The van der Waals surface area contributed by atoms with E-state index in [1.807, 2.05) is 12.3 Å². The minimum absolute atomic E-state index is 0.326. The van der Waals surface area contributed by atoms with E-state index in [0.717, 1.165) is 21.8 Å². The van der Waals surface area contributed by atoms with Crippen molar-refractivity contribution >= 4 is 92.5 Å². The molecule has 0 fully saturated rings. The number of hydrogen-bond acceptors (Lipinski definition) is 3.